The summed E-state index contributed by atoms with van der Waals surface area (Å²) in [7, 11) is 1.71. The molecule has 0 fully saturated rings. The van der Waals surface area contributed by atoms with Crippen molar-refractivity contribution in [1.82, 2.24) is 15.6 Å². The maximum absolute atomic E-state index is 12.5. The lowest BCUT2D eigenvalue weighted by Gasteiger charge is -2.18. The topological polar surface area (TPSA) is 69.6 Å². The van der Waals surface area contributed by atoms with Gasteiger partial charge in [-0.2, -0.15) is 0 Å². The van der Waals surface area contributed by atoms with E-state index in [1.54, 1.807) is 18.4 Å². The molecule has 0 atom stereocenters. The van der Waals surface area contributed by atoms with E-state index in [1.807, 2.05) is 29.3 Å². The number of amides is 1. The molecule has 132 valence electrons. The van der Waals surface area contributed by atoms with Crippen molar-refractivity contribution >= 4 is 28.9 Å². The zero-order valence-electron chi connectivity index (χ0n) is 14.6. The third-order valence-electron chi connectivity index (χ3n) is 4.12. The molecule has 0 saturated carbocycles. The van der Waals surface area contributed by atoms with E-state index in [0.29, 0.717) is 5.96 Å². The first-order valence-electron chi connectivity index (χ1n) is 8.41. The minimum Gasteiger partial charge on any atom is -0.356 e. The lowest BCUT2D eigenvalue weighted by molar-refractivity contribution is -0.117. The highest BCUT2D eigenvalue weighted by Gasteiger charge is 2.23. The standard InChI is InChI=1S/C18H23N5OS/c1-13-11-21-16(25-13)7-9-20-18(19-2)22-12-17(24)23-10-8-14-5-3-4-6-15(14)23/h3-6,11H,7-10,12H2,1-2H3,(H2,19,20,22). The van der Waals surface area contributed by atoms with E-state index in [1.165, 1.54) is 10.4 Å². The normalized spacial score (nSPS) is 13.7. The molecule has 1 aliphatic rings. The van der Waals surface area contributed by atoms with Crippen LogP contribution in [-0.4, -0.2) is 43.5 Å². The van der Waals surface area contributed by atoms with Gasteiger partial charge < -0.3 is 15.5 Å². The molecule has 1 aliphatic heterocycles. The van der Waals surface area contributed by atoms with E-state index in [9.17, 15) is 4.79 Å². The largest absolute Gasteiger partial charge is 0.356 e. The number of anilines is 1. The van der Waals surface area contributed by atoms with Crippen molar-refractivity contribution in [3.05, 3.63) is 45.9 Å². The van der Waals surface area contributed by atoms with E-state index < -0.39 is 0 Å². The maximum Gasteiger partial charge on any atom is 0.246 e. The minimum absolute atomic E-state index is 0.0587. The van der Waals surface area contributed by atoms with Gasteiger partial charge >= 0.3 is 0 Å². The first-order valence-corrected chi connectivity index (χ1v) is 9.23. The summed E-state index contributed by atoms with van der Waals surface area (Å²) in [6.07, 6.45) is 3.65. The monoisotopic (exact) mass is 357 g/mol. The number of hydrogen-bond donors (Lipinski definition) is 2. The van der Waals surface area contributed by atoms with Crippen LogP contribution >= 0.6 is 11.3 Å². The van der Waals surface area contributed by atoms with Crippen molar-refractivity contribution in [3.8, 4) is 0 Å². The number of thiazole rings is 1. The Kier molecular flexibility index (Phi) is 5.65. The van der Waals surface area contributed by atoms with E-state index in [0.717, 1.165) is 36.6 Å². The summed E-state index contributed by atoms with van der Waals surface area (Å²) in [5.41, 5.74) is 2.26. The van der Waals surface area contributed by atoms with Crippen molar-refractivity contribution < 1.29 is 4.79 Å². The fourth-order valence-electron chi connectivity index (χ4n) is 2.88. The average molecular weight is 357 g/mol. The number of guanidine groups is 1. The quantitative estimate of drug-likeness (QED) is 0.632. The predicted molar refractivity (Wildman–Crippen MR) is 102 cm³/mol. The predicted octanol–water partition coefficient (Wildman–Crippen LogP) is 1.75. The molecule has 0 aliphatic carbocycles. The number of aliphatic imine (C=N–C) groups is 1. The molecule has 2 N–H and O–H groups in total. The van der Waals surface area contributed by atoms with Gasteiger partial charge in [0.25, 0.3) is 0 Å². The summed E-state index contributed by atoms with van der Waals surface area (Å²) in [6.45, 7) is 3.75. The van der Waals surface area contributed by atoms with E-state index in [2.05, 4.69) is 33.6 Å². The number of carbonyl (C=O) groups is 1. The Labute approximate surface area is 152 Å². The number of nitrogens with zero attached hydrogens (tertiary/aromatic N) is 3. The Balaban J connectivity index is 1.46. The molecule has 0 radical (unpaired) electrons. The first kappa shape index (κ1) is 17.4. The SMILES string of the molecule is CN=C(NCCc1ncc(C)s1)NCC(=O)N1CCc2ccccc21. The van der Waals surface area contributed by atoms with Crippen LogP contribution in [-0.2, 0) is 17.6 Å². The first-order chi connectivity index (χ1) is 12.2. The molecule has 2 aromatic rings. The average Bonchev–Trinajstić information content (AvgIpc) is 3.23. The second-order valence-corrected chi connectivity index (χ2v) is 7.21. The van der Waals surface area contributed by atoms with Gasteiger partial charge in [0.15, 0.2) is 5.96 Å². The Morgan fingerprint density at radius 2 is 2.20 bits per heavy atom. The van der Waals surface area contributed by atoms with Gasteiger partial charge in [-0.25, -0.2) is 4.98 Å². The summed E-state index contributed by atoms with van der Waals surface area (Å²) in [5.74, 6) is 0.692. The fourth-order valence-corrected chi connectivity index (χ4v) is 3.66. The molecule has 2 heterocycles. The molecule has 1 amide bonds. The number of rotatable bonds is 5. The molecule has 0 saturated heterocycles. The van der Waals surface area contributed by atoms with Gasteiger partial charge in [-0.05, 0) is 25.0 Å². The summed E-state index contributed by atoms with van der Waals surface area (Å²) in [5, 5.41) is 7.43. The van der Waals surface area contributed by atoms with Crippen LogP contribution in [0.1, 0.15) is 15.4 Å². The Bertz CT molecular complexity index is 770. The Hall–Kier alpha value is -2.41. The molecule has 6 nitrogen and oxygen atoms in total. The van der Waals surface area contributed by atoms with Gasteiger partial charge in [0.2, 0.25) is 5.91 Å². The highest BCUT2D eigenvalue weighted by atomic mass is 32.1. The van der Waals surface area contributed by atoms with Gasteiger partial charge in [0.1, 0.15) is 0 Å². The molecule has 1 aromatic heterocycles. The summed E-state index contributed by atoms with van der Waals surface area (Å²) >= 11 is 1.70. The number of hydrogen-bond acceptors (Lipinski definition) is 4. The highest BCUT2D eigenvalue weighted by molar-refractivity contribution is 7.11. The van der Waals surface area contributed by atoms with Gasteiger partial charge in [0.05, 0.1) is 11.6 Å². The van der Waals surface area contributed by atoms with Gasteiger partial charge in [-0.15, -0.1) is 11.3 Å². The minimum atomic E-state index is 0.0587. The summed E-state index contributed by atoms with van der Waals surface area (Å²) in [4.78, 5) is 24.1. The molecule has 0 bridgehead atoms. The molecule has 7 heteroatoms. The Morgan fingerprint density at radius 1 is 1.36 bits per heavy atom. The van der Waals surface area contributed by atoms with Crippen LogP contribution < -0.4 is 15.5 Å². The molecular formula is C18H23N5OS. The smallest absolute Gasteiger partial charge is 0.246 e. The third kappa shape index (κ3) is 4.36. The van der Waals surface area contributed by atoms with Crippen LogP contribution in [0, 0.1) is 6.92 Å². The zero-order valence-corrected chi connectivity index (χ0v) is 15.4. The van der Waals surface area contributed by atoms with Crippen LogP contribution in [0.5, 0.6) is 0 Å². The van der Waals surface area contributed by atoms with E-state index in [4.69, 9.17) is 0 Å². The van der Waals surface area contributed by atoms with Crippen LogP contribution in [0.4, 0.5) is 5.69 Å². The molecule has 25 heavy (non-hydrogen) atoms. The number of para-hydroxylation sites is 1. The van der Waals surface area contributed by atoms with Crippen molar-refractivity contribution in [1.29, 1.82) is 0 Å². The number of carbonyl (C=O) groups excluding carboxylic acids is 1. The zero-order chi connectivity index (χ0) is 17.6. The number of aromatic nitrogens is 1. The second-order valence-electron chi connectivity index (χ2n) is 5.89. The number of aryl methyl sites for hydroxylation is 1. The maximum atomic E-state index is 12.5. The van der Waals surface area contributed by atoms with Crippen LogP contribution in [0.25, 0.3) is 0 Å². The summed E-state index contributed by atoms with van der Waals surface area (Å²) < 4.78 is 0. The lowest BCUT2D eigenvalue weighted by Crippen LogP contribution is -2.44. The van der Waals surface area contributed by atoms with E-state index in [-0.39, 0.29) is 12.5 Å². The highest BCUT2D eigenvalue weighted by Crippen LogP contribution is 2.27. The molecule has 1 aromatic carbocycles. The molecular weight excluding hydrogens is 334 g/mol. The van der Waals surface area contributed by atoms with Crippen LogP contribution in [0.15, 0.2) is 35.5 Å². The van der Waals surface area contributed by atoms with Gasteiger partial charge in [0, 0.05) is 43.3 Å². The third-order valence-corrected chi connectivity index (χ3v) is 5.09. The van der Waals surface area contributed by atoms with Crippen molar-refractivity contribution in [2.75, 3.05) is 31.6 Å². The van der Waals surface area contributed by atoms with Gasteiger partial charge in [-0.3, -0.25) is 9.79 Å². The van der Waals surface area contributed by atoms with Crippen molar-refractivity contribution in [2.45, 2.75) is 19.8 Å². The number of fused-ring (bicyclic) bond motifs is 1. The molecule has 0 spiro atoms. The number of benzene rings is 1. The molecule has 3 rings (SSSR count). The molecule has 0 unspecified atom stereocenters. The lowest BCUT2D eigenvalue weighted by atomic mass is 10.2. The number of nitrogens with one attached hydrogen (secondary N) is 2. The Morgan fingerprint density at radius 3 is 2.96 bits per heavy atom. The van der Waals surface area contributed by atoms with Gasteiger partial charge in [-0.1, -0.05) is 18.2 Å². The fraction of sp³-hybridized carbons (Fsp3) is 0.389. The van der Waals surface area contributed by atoms with Crippen LogP contribution in [0.3, 0.4) is 0 Å². The summed E-state index contributed by atoms with van der Waals surface area (Å²) in [6, 6.07) is 8.07. The second kappa shape index (κ2) is 8.11. The van der Waals surface area contributed by atoms with Crippen LogP contribution in [0.2, 0.25) is 0 Å². The van der Waals surface area contributed by atoms with E-state index >= 15 is 0 Å². The van der Waals surface area contributed by atoms with Crippen molar-refractivity contribution in [2.24, 2.45) is 4.99 Å². The van der Waals surface area contributed by atoms with Crippen molar-refractivity contribution in [3.63, 3.8) is 0 Å².